The second-order valence-electron chi connectivity index (χ2n) is 4.98. The van der Waals surface area contributed by atoms with Crippen molar-refractivity contribution in [2.24, 2.45) is 5.92 Å². The molecule has 1 aromatic heterocycles. The van der Waals surface area contributed by atoms with Crippen molar-refractivity contribution < 1.29 is 4.79 Å². The fourth-order valence-corrected chi connectivity index (χ4v) is 2.64. The van der Waals surface area contributed by atoms with Crippen LogP contribution in [-0.2, 0) is 11.3 Å². The summed E-state index contributed by atoms with van der Waals surface area (Å²) < 4.78 is 1.37. The highest BCUT2D eigenvalue weighted by Gasteiger charge is 2.24. The number of aromatic nitrogens is 3. The number of Topliss-reactive ketones (excluding diaryl/α,β-unsaturated/α-hetero) is 1. The Kier molecular flexibility index (Phi) is 3.11. The zero-order valence-corrected chi connectivity index (χ0v) is 10.6. The van der Waals surface area contributed by atoms with Crippen LogP contribution >= 0.6 is 0 Å². The Bertz CT molecular complexity index is 678. The van der Waals surface area contributed by atoms with E-state index in [1.807, 2.05) is 12.1 Å². The Morgan fingerprint density at radius 3 is 2.89 bits per heavy atom. The van der Waals surface area contributed by atoms with Crippen LogP contribution in [0.2, 0.25) is 0 Å². The molecule has 0 radical (unpaired) electrons. The van der Waals surface area contributed by atoms with Crippen LogP contribution in [0.1, 0.15) is 25.7 Å². The highest BCUT2D eigenvalue weighted by Crippen LogP contribution is 2.24. The average Bonchev–Trinajstić information content (AvgIpc) is 2.84. The molecule has 0 amide bonds. The molecule has 0 spiro atoms. The molecule has 1 unspecified atom stereocenters. The highest BCUT2D eigenvalue weighted by molar-refractivity contribution is 5.82. The van der Waals surface area contributed by atoms with Gasteiger partial charge in [0, 0.05) is 18.9 Å². The molecule has 0 saturated heterocycles. The van der Waals surface area contributed by atoms with Gasteiger partial charge in [0.1, 0.15) is 11.3 Å². The van der Waals surface area contributed by atoms with Crippen LogP contribution in [0.5, 0.6) is 0 Å². The van der Waals surface area contributed by atoms with E-state index >= 15 is 0 Å². The number of ketones is 1. The highest BCUT2D eigenvalue weighted by atomic mass is 16.1. The molecule has 5 heteroatoms. The van der Waals surface area contributed by atoms with Crippen molar-refractivity contribution in [1.29, 1.82) is 0 Å². The van der Waals surface area contributed by atoms with Crippen molar-refractivity contribution >= 4 is 16.7 Å². The first-order chi connectivity index (χ1) is 9.25. The molecule has 1 saturated carbocycles. The summed E-state index contributed by atoms with van der Waals surface area (Å²) in [5.74, 6) is 0.418. The Hall–Kier alpha value is -2.04. The maximum Gasteiger partial charge on any atom is 0.277 e. The maximum absolute atomic E-state index is 12.2. The summed E-state index contributed by atoms with van der Waals surface area (Å²) in [6.07, 6.45) is 3.28. The Balaban J connectivity index is 1.83. The summed E-state index contributed by atoms with van der Waals surface area (Å²) in [5, 5.41) is 8.55. The lowest BCUT2D eigenvalue weighted by Crippen LogP contribution is -2.25. The molecule has 19 heavy (non-hydrogen) atoms. The van der Waals surface area contributed by atoms with Crippen LogP contribution in [-0.4, -0.2) is 20.8 Å². The predicted octanol–water partition coefficient (Wildman–Crippen LogP) is 1.55. The third-order valence-corrected chi connectivity index (χ3v) is 3.75. The molecule has 1 heterocycles. The Morgan fingerprint density at radius 1 is 1.26 bits per heavy atom. The molecule has 2 aromatic rings. The molecule has 1 aromatic carbocycles. The van der Waals surface area contributed by atoms with Gasteiger partial charge in [0.15, 0.2) is 0 Å². The van der Waals surface area contributed by atoms with Gasteiger partial charge in [-0.3, -0.25) is 9.59 Å². The first kappa shape index (κ1) is 12.0. The minimum absolute atomic E-state index is 0.0974. The number of carbonyl (C=O) groups excluding carboxylic acids is 1. The predicted molar refractivity (Wildman–Crippen MR) is 70.8 cm³/mol. The van der Waals surface area contributed by atoms with Crippen LogP contribution in [0.4, 0.5) is 0 Å². The number of fused-ring (bicyclic) bond motifs is 1. The monoisotopic (exact) mass is 257 g/mol. The quantitative estimate of drug-likeness (QED) is 0.836. The summed E-state index contributed by atoms with van der Waals surface area (Å²) in [5.41, 5.74) is 0.483. The fraction of sp³-hybridized carbons (Fsp3) is 0.429. The summed E-state index contributed by atoms with van der Waals surface area (Å²) in [6.45, 7) is 0.465. The molecule has 1 atom stereocenters. The number of aryl methyl sites for hydroxylation is 1. The van der Waals surface area contributed by atoms with Crippen LogP contribution in [0.3, 0.4) is 0 Å². The van der Waals surface area contributed by atoms with E-state index in [4.69, 9.17) is 0 Å². The standard InChI is InChI=1S/C14H15N3O2/c18-13-7-3-4-10(13)8-9-17-14(19)11-5-1-2-6-12(11)15-16-17/h1-2,5-6,10H,3-4,7-9H2. The van der Waals surface area contributed by atoms with E-state index in [1.54, 1.807) is 12.1 Å². The average molecular weight is 257 g/mol. The van der Waals surface area contributed by atoms with Gasteiger partial charge in [-0.25, -0.2) is 4.68 Å². The normalized spacial score (nSPS) is 19.2. The van der Waals surface area contributed by atoms with Crippen molar-refractivity contribution in [3.05, 3.63) is 34.6 Å². The summed E-state index contributed by atoms with van der Waals surface area (Å²) in [6, 6.07) is 7.17. The first-order valence-corrected chi connectivity index (χ1v) is 6.61. The lowest BCUT2D eigenvalue weighted by molar-refractivity contribution is -0.120. The van der Waals surface area contributed by atoms with Crippen molar-refractivity contribution in [3.8, 4) is 0 Å². The Morgan fingerprint density at radius 2 is 2.11 bits per heavy atom. The van der Waals surface area contributed by atoms with E-state index in [-0.39, 0.29) is 11.5 Å². The Labute approximate surface area is 110 Å². The van der Waals surface area contributed by atoms with Gasteiger partial charge in [-0.05, 0) is 31.4 Å². The maximum atomic E-state index is 12.2. The van der Waals surface area contributed by atoms with E-state index in [0.29, 0.717) is 36.1 Å². The number of nitrogens with zero attached hydrogens (tertiary/aromatic N) is 3. The van der Waals surface area contributed by atoms with Gasteiger partial charge in [-0.2, -0.15) is 0 Å². The van der Waals surface area contributed by atoms with Gasteiger partial charge < -0.3 is 0 Å². The molecule has 1 fully saturated rings. The molecule has 98 valence electrons. The van der Waals surface area contributed by atoms with Gasteiger partial charge in [-0.1, -0.05) is 17.3 Å². The van der Waals surface area contributed by atoms with Gasteiger partial charge in [0.25, 0.3) is 5.56 Å². The molecule has 0 aliphatic heterocycles. The number of hydrogen-bond donors (Lipinski definition) is 0. The summed E-state index contributed by atoms with van der Waals surface area (Å²) in [4.78, 5) is 23.8. The van der Waals surface area contributed by atoms with Crippen LogP contribution in [0, 0.1) is 5.92 Å². The van der Waals surface area contributed by atoms with Gasteiger partial charge in [0.2, 0.25) is 0 Å². The van der Waals surface area contributed by atoms with E-state index < -0.39 is 0 Å². The SMILES string of the molecule is O=C1CCCC1CCn1nnc2ccccc2c1=O. The first-order valence-electron chi connectivity index (χ1n) is 6.61. The molecule has 0 bridgehead atoms. The summed E-state index contributed by atoms with van der Waals surface area (Å²) in [7, 11) is 0. The molecule has 5 nitrogen and oxygen atoms in total. The minimum Gasteiger partial charge on any atom is -0.299 e. The van der Waals surface area contributed by atoms with E-state index in [0.717, 1.165) is 12.8 Å². The molecular formula is C14H15N3O2. The number of carbonyl (C=O) groups is 1. The van der Waals surface area contributed by atoms with E-state index in [2.05, 4.69) is 10.3 Å². The molecular weight excluding hydrogens is 242 g/mol. The number of hydrogen-bond acceptors (Lipinski definition) is 4. The van der Waals surface area contributed by atoms with Crippen LogP contribution < -0.4 is 5.56 Å². The zero-order valence-electron chi connectivity index (χ0n) is 10.6. The third-order valence-electron chi connectivity index (χ3n) is 3.75. The van der Waals surface area contributed by atoms with Crippen molar-refractivity contribution in [1.82, 2.24) is 15.0 Å². The lowest BCUT2D eigenvalue weighted by atomic mass is 10.0. The fourth-order valence-electron chi connectivity index (χ4n) is 2.64. The van der Waals surface area contributed by atoms with Crippen molar-refractivity contribution in [2.45, 2.75) is 32.2 Å². The largest absolute Gasteiger partial charge is 0.299 e. The third kappa shape index (κ3) is 2.28. The van der Waals surface area contributed by atoms with E-state index in [1.165, 1.54) is 4.68 Å². The number of rotatable bonds is 3. The minimum atomic E-state index is -0.129. The van der Waals surface area contributed by atoms with Crippen LogP contribution in [0.25, 0.3) is 10.9 Å². The zero-order chi connectivity index (χ0) is 13.2. The molecule has 1 aliphatic carbocycles. The molecule has 3 rings (SSSR count). The van der Waals surface area contributed by atoms with Crippen LogP contribution in [0.15, 0.2) is 29.1 Å². The van der Waals surface area contributed by atoms with Gasteiger partial charge in [-0.15, -0.1) is 5.10 Å². The molecule has 0 N–H and O–H groups in total. The van der Waals surface area contributed by atoms with Gasteiger partial charge in [0.05, 0.1) is 5.39 Å². The molecule has 1 aliphatic rings. The second kappa shape index (κ2) is 4.91. The van der Waals surface area contributed by atoms with Crippen molar-refractivity contribution in [3.63, 3.8) is 0 Å². The topological polar surface area (TPSA) is 64.8 Å². The lowest BCUT2D eigenvalue weighted by Gasteiger charge is -2.08. The summed E-state index contributed by atoms with van der Waals surface area (Å²) >= 11 is 0. The second-order valence-corrected chi connectivity index (χ2v) is 4.98. The smallest absolute Gasteiger partial charge is 0.277 e. The number of benzene rings is 1. The van der Waals surface area contributed by atoms with Gasteiger partial charge >= 0.3 is 0 Å². The van der Waals surface area contributed by atoms with Crippen molar-refractivity contribution in [2.75, 3.05) is 0 Å². The van der Waals surface area contributed by atoms with E-state index in [9.17, 15) is 9.59 Å².